The van der Waals surface area contributed by atoms with Crippen molar-refractivity contribution in [3.8, 4) is 17.1 Å². The quantitative estimate of drug-likeness (QED) is 0.663. The van der Waals surface area contributed by atoms with Crippen LogP contribution in [0.5, 0.6) is 5.75 Å². The summed E-state index contributed by atoms with van der Waals surface area (Å²) in [7, 11) is 3.49. The zero-order valence-electron chi connectivity index (χ0n) is 17.1. The van der Waals surface area contributed by atoms with Crippen molar-refractivity contribution in [1.29, 1.82) is 0 Å². The molecule has 1 saturated heterocycles. The van der Waals surface area contributed by atoms with Gasteiger partial charge >= 0.3 is 0 Å². The summed E-state index contributed by atoms with van der Waals surface area (Å²) >= 11 is 0. The summed E-state index contributed by atoms with van der Waals surface area (Å²) in [4.78, 5) is 14.9. The molecule has 1 aliphatic heterocycles. The van der Waals surface area contributed by atoms with E-state index in [1.165, 1.54) is 17.8 Å². The molecule has 1 atom stereocenters. The van der Waals surface area contributed by atoms with Gasteiger partial charge in [0.15, 0.2) is 11.5 Å². The minimum Gasteiger partial charge on any atom is -0.495 e. The van der Waals surface area contributed by atoms with E-state index in [-0.39, 0.29) is 24.6 Å². The van der Waals surface area contributed by atoms with Gasteiger partial charge in [0, 0.05) is 37.4 Å². The van der Waals surface area contributed by atoms with Gasteiger partial charge in [0.2, 0.25) is 11.9 Å². The molecule has 2 aliphatic rings. The average molecular weight is 433 g/mol. The SMILES string of the molecule is COc1cc2ncc(-c3nc(NC4CCN(C)C4)ncc3F)n2nc1C1CC(F)(F)C1. The summed E-state index contributed by atoms with van der Waals surface area (Å²) in [6.45, 7) is 1.82. The van der Waals surface area contributed by atoms with E-state index < -0.39 is 17.7 Å². The summed E-state index contributed by atoms with van der Waals surface area (Å²) in [5.74, 6) is -3.04. The molecule has 0 bridgehead atoms. The summed E-state index contributed by atoms with van der Waals surface area (Å²) in [5.41, 5.74) is 1.17. The number of anilines is 1. The molecule has 11 heteroatoms. The third-order valence-electron chi connectivity index (χ3n) is 5.89. The van der Waals surface area contributed by atoms with Gasteiger partial charge in [-0.15, -0.1) is 0 Å². The van der Waals surface area contributed by atoms with Crippen molar-refractivity contribution in [2.45, 2.75) is 37.1 Å². The molecule has 2 fully saturated rings. The predicted octanol–water partition coefficient (Wildman–Crippen LogP) is 2.96. The van der Waals surface area contributed by atoms with Crippen molar-refractivity contribution in [1.82, 2.24) is 29.5 Å². The lowest BCUT2D eigenvalue weighted by Gasteiger charge is -2.34. The van der Waals surface area contributed by atoms with Crippen LogP contribution < -0.4 is 10.1 Å². The van der Waals surface area contributed by atoms with Crippen LogP contribution in [0.1, 0.15) is 30.9 Å². The molecule has 1 saturated carbocycles. The maximum absolute atomic E-state index is 14.7. The van der Waals surface area contributed by atoms with Crippen LogP contribution in [-0.4, -0.2) is 68.7 Å². The molecule has 0 radical (unpaired) electrons. The second kappa shape index (κ2) is 7.33. The predicted molar refractivity (Wildman–Crippen MR) is 107 cm³/mol. The first-order chi connectivity index (χ1) is 14.8. The number of methoxy groups -OCH3 is 1. The molecule has 1 aliphatic carbocycles. The monoisotopic (exact) mass is 433 g/mol. The molecule has 0 aromatic carbocycles. The molecule has 5 rings (SSSR count). The van der Waals surface area contributed by atoms with E-state index in [4.69, 9.17) is 4.74 Å². The molecular formula is C20H22F3N7O. The van der Waals surface area contributed by atoms with Crippen molar-refractivity contribution in [3.05, 3.63) is 30.0 Å². The summed E-state index contributed by atoms with van der Waals surface area (Å²) in [6.07, 6.45) is 2.92. The van der Waals surface area contributed by atoms with Crippen LogP contribution in [0.2, 0.25) is 0 Å². The Bertz CT molecular complexity index is 1130. The number of ether oxygens (including phenoxy) is 1. The van der Waals surface area contributed by atoms with Gasteiger partial charge in [0.1, 0.15) is 22.8 Å². The third kappa shape index (κ3) is 3.67. The number of hydrogen-bond donors (Lipinski definition) is 1. The Balaban J connectivity index is 1.52. The minimum atomic E-state index is -2.70. The fraction of sp³-hybridized carbons (Fsp3) is 0.500. The summed E-state index contributed by atoms with van der Waals surface area (Å²) in [6, 6.07) is 1.80. The number of halogens is 3. The van der Waals surface area contributed by atoms with E-state index in [1.807, 2.05) is 7.05 Å². The maximum Gasteiger partial charge on any atom is 0.249 e. The van der Waals surface area contributed by atoms with Crippen LogP contribution in [0.15, 0.2) is 18.5 Å². The van der Waals surface area contributed by atoms with Gasteiger partial charge in [-0.2, -0.15) is 5.10 Å². The highest BCUT2D eigenvalue weighted by molar-refractivity contribution is 5.62. The summed E-state index contributed by atoms with van der Waals surface area (Å²) in [5, 5.41) is 7.74. The van der Waals surface area contributed by atoms with E-state index in [1.54, 1.807) is 6.07 Å². The first-order valence-electron chi connectivity index (χ1n) is 10.1. The van der Waals surface area contributed by atoms with Crippen molar-refractivity contribution in [2.75, 3.05) is 32.6 Å². The van der Waals surface area contributed by atoms with Crippen LogP contribution in [0.4, 0.5) is 19.1 Å². The van der Waals surface area contributed by atoms with Crippen molar-refractivity contribution >= 4 is 11.6 Å². The minimum absolute atomic E-state index is 0.0407. The Morgan fingerprint density at radius 1 is 1.23 bits per heavy atom. The molecule has 164 valence electrons. The van der Waals surface area contributed by atoms with E-state index in [9.17, 15) is 13.2 Å². The molecular weight excluding hydrogens is 411 g/mol. The number of nitrogens with one attached hydrogen (secondary N) is 1. The lowest BCUT2D eigenvalue weighted by Crippen LogP contribution is -2.34. The molecule has 3 aromatic heterocycles. The van der Waals surface area contributed by atoms with Crippen LogP contribution in [-0.2, 0) is 0 Å². The van der Waals surface area contributed by atoms with Gasteiger partial charge in [0.05, 0.1) is 19.5 Å². The van der Waals surface area contributed by atoms with Gasteiger partial charge in [-0.05, 0) is 20.0 Å². The largest absolute Gasteiger partial charge is 0.495 e. The Kier molecular flexibility index (Phi) is 4.72. The number of imidazole rings is 1. The standard InChI is InChI=1S/C20H22F3N7O/c1-29-4-3-12(10-29)26-19-25-8-13(21)18(27-19)14-9-24-16-5-15(31-2)17(28-30(14)16)11-6-20(22,23)7-11/h5,8-9,11-12H,3-4,6-7,10H2,1-2H3,(H,25,26,27). The zero-order valence-corrected chi connectivity index (χ0v) is 17.1. The lowest BCUT2D eigenvalue weighted by molar-refractivity contribution is -0.0881. The van der Waals surface area contributed by atoms with E-state index in [0.29, 0.717) is 28.7 Å². The highest BCUT2D eigenvalue weighted by Crippen LogP contribution is 2.49. The molecule has 31 heavy (non-hydrogen) atoms. The van der Waals surface area contributed by atoms with E-state index in [2.05, 4.69) is 30.3 Å². The van der Waals surface area contributed by atoms with Crippen molar-refractivity contribution < 1.29 is 17.9 Å². The van der Waals surface area contributed by atoms with E-state index in [0.717, 1.165) is 25.7 Å². The number of nitrogens with zero attached hydrogens (tertiary/aromatic N) is 6. The Morgan fingerprint density at radius 2 is 2.03 bits per heavy atom. The lowest BCUT2D eigenvalue weighted by atomic mass is 9.79. The number of hydrogen-bond acceptors (Lipinski definition) is 7. The van der Waals surface area contributed by atoms with Gasteiger partial charge in [-0.3, -0.25) is 0 Å². The zero-order chi connectivity index (χ0) is 21.8. The van der Waals surface area contributed by atoms with Crippen LogP contribution in [0, 0.1) is 5.82 Å². The smallest absolute Gasteiger partial charge is 0.249 e. The number of rotatable bonds is 5. The fourth-order valence-corrected chi connectivity index (χ4v) is 4.23. The summed E-state index contributed by atoms with van der Waals surface area (Å²) < 4.78 is 48.3. The molecule has 0 amide bonds. The first kappa shape index (κ1) is 20.0. The van der Waals surface area contributed by atoms with Crippen LogP contribution in [0.3, 0.4) is 0 Å². The molecule has 8 nitrogen and oxygen atoms in total. The molecule has 1 N–H and O–H groups in total. The highest BCUT2D eigenvalue weighted by Gasteiger charge is 2.48. The van der Waals surface area contributed by atoms with Crippen LogP contribution in [0.25, 0.3) is 17.0 Å². The van der Waals surface area contributed by atoms with Gasteiger partial charge in [-0.1, -0.05) is 0 Å². The number of aromatic nitrogens is 5. The Hall–Kier alpha value is -2.95. The maximum atomic E-state index is 14.7. The second-order valence-corrected chi connectivity index (χ2v) is 8.25. The number of likely N-dealkylation sites (tertiary alicyclic amines) is 1. The normalized spacial score (nSPS) is 21.4. The second-order valence-electron chi connectivity index (χ2n) is 8.25. The van der Waals surface area contributed by atoms with Crippen LogP contribution >= 0.6 is 0 Å². The van der Waals surface area contributed by atoms with Gasteiger partial charge in [-0.25, -0.2) is 32.6 Å². The van der Waals surface area contributed by atoms with Crippen molar-refractivity contribution in [3.63, 3.8) is 0 Å². The van der Waals surface area contributed by atoms with E-state index >= 15 is 0 Å². The Morgan fingerprint density at radius 3 is 2.71 bits per heavy atom. The molecule has 1 unspecified atom stereocenters. The third-order valence-corrected chi connectivity index (χ3v) is 5.89. The molecule has 3 aromatic rings. The fourth-order valence-electron chi connectivity index (χ4n) is 4.23. The van der Waals surface area contributed by atoms with Gasteiger partial charge < -0.3 is 15.0 Å². The average Bonchev–Trinajstić information content (AvgIpc) is 3.32. The number of likely N-dealkylation sites (N-methyl/N-ethyl adjacent to an activating group) is 1. The molecule has 0 spiro atoms. The van der Waals surface area contributed by atoms with Crippen molar-refractivity contribution in [2.24, 2.45) is 0 Å². The topological polar surface area (TPSA) is 80.5 Å². The van der Waals surface area contributed by atoms with Gasteiger partial charge in [0.25, 0.3) is 0 Å². The first-order valence-corrected chi connectivity index (χ1v) is 10.1. The number of fused-ring (bicyclic) bond motifs is 1. The highest BCUT2D eigenvalue weighted by atomic mass is 19.3. The Labute approximate surface area is 176 Å². The molecule has 4 heterocycles. The number of alkyl halides is 2.